The number of nitrogens with zero attached hydrogens (tertiary/aromatic N) is 1. The van der Waals surface area contributed by atoms with Gasteiger partial charge in [0.2, 0.25) is 0 Å². The van der Waals surface area contributed by atoms with E-state index in [0.717, 1.165) is 12.1 Å². The first-order valence-corrected chi connectivity index (χ1v) is 8.30. The Labute approximate surface area is 153 Å². The summed E-state index contributed by atoms with van der Waals surface area (Å²) in [6.07, 6.45) is -4.78. The molecular weight excluding hydrogens is 365 g/mol. The summed E-state index contributed by atoms with van der Waals surface area (Å²) in [5.41, 5.74) is 0.752. The zero-order valence-electron chi connectivity index (χ0n) is 14.2. The Morgan fingerprint density at radius 3 is 2.04 bits per heavy atom. The maximum atomic E-state index is 12.4. The number of phenols is 3. The van der Waals surface area contributed by atoms with Gasteiger partial charge in [-0.15, -0.1) is 13.2 Å². The number of halogens is 3. The highest BCUT2D eigenvalue weighted by Crippen LogP contribution is 2.42. The van der Waals surface area contributed by atoms with E-state index in [2.05, 4.69) is 10.1 Å². The molecule has 0 radical (unpaired) electrons. The molecule has 4 N–H and O–H groups in total. The van der Waals surface area contributed by atoms with E-state index in [9.17, 15) is 28.5 Å². The van der Waals surface area contributed by atoms with E-state index in [1.165, 1.54) is 24.3 Å². The van der Waals surface area contributed by atoms with Gasteiger partial charge in [0.15, 0.2) is 0 Å². The summed E-state index contributed by atoms with van der Waals surface area (Å²) in [5, 5.41) is 33.4. The molecule has 0 bridgehead atoms. The number of phenolic OH excluding ortho intramolecular Hbond substituents is 3. The second kappa shape index (κ2) is 7.53. The molecule has 6 nitrogen and oxygen atoms in total. The molecule has 27 heavy (non-hydrogen) atoms. The molecule has 0 saturated carbocycles. The molecule has 1 saturated heterocycles. The van der Waals surface area contributed by atoms with Crippen molar-refractivity contribution in [3.05, 3.63) is 47.5 Å². The third-order valence-corrected chi connectivity index (χ3v) is 4.34. The Bertz CT molecular complexity index is 767. The number of alkyl halides is 3. The maximum absolute atomic E-state index is 12.4. The quantitative estimate of drug-likeness (QED) is 0.649. The van der Waals surface area contributed by atoms with E-state index in [1.807, 2.05) is 4.90 Å². The molecule has 3 rings (SSSR count). The van der Waals surface area contributed by atoms with Crippen molar-refractivity contribution in [1.29, 1.82) is 0 Å². The zero-order chi connectivity index (χ0) is 19.6. The molecule has 0 unspecified atom stereocenters. The first kappa shape index (κ1) is 19.1. The van der Waals surface area contributed by atoms with Crippen LogP contribution in [-0.4, -0.2) is 52.8 Å². The van der Waals surface area contributed by atoms with Crippen LogP contribution in [0, 0.1) is 0 Å². The lowest BCUT2D eigenvalue weighted by molar-refractivity contribution is -0.274. The highest BCUT2D eigenvalue weighted by molar-refractivity contribution is 5.53. The number of nitrogens with one attached hydrogen (secondary N) is 1. The van der Waals surface area contributed by atoms with Gasteiger partial charge in [-0.05, 0) is 17.7 Å². The smallest absolute Gasteiger partial charge is 0.508 e. The Kier molecular flexibility index (Phi) is 5.33. The minimum absolute atomic E-state index is 0.180. The fourth-order valence-corrected chi connectivity index (χ4v) is 3.24. The van der Waals surface area contributed by atoms with Crippen LogP contribution in [0.1, 0.15) is 17.2 Å². The number of rotatable bonds is 4. The molecule has 146 valence electrons. The van der Waals surface area contributed by atoms with E-state index in [4.69, 9.17) is 0 Å². The van der Waals surface area contributed by atoms with Crippen molar-refractivity contribution in [3.8, 4) is 23.0 Å². The molecule has 1 aliphatic rings. The van der Waals surface area contributed by atoms with Crippen molar-refractivity contribution in [1.82, 2.24) is 10.2 Å². The molecule has 1 atom stereocenters. The van der Waals surface area contributed by atoms with Crippen LogP contribution in [0.2, 0.25) is 0 Å². The predicted molar refractivity (Wildman–Crippen MR) is 90.8 cm³/mol. The summed E-state index contributed by atoms with van der Waals surface area (Å²) >= 11 is 0. The minimum Gasteiger partial charge on any atom is -0.508 e. The monoisotopic (exact) mass is 384 g/mol. The largest absolute Gasteiger partial charge is 0.573 e. The average Bonchev–Trinajstić information content (AvgIpc) is 2.58. The Morgan fingerprint density at radius 2 is 1.52 bits per heavy atom. The molecule has 0 aliphatic carbocycles. The van der Waals surface area contributed by atoms with Gasteiger partial charge in [-0.2, -0.15) is 0 Å². The van der Waals surface area contributed by atoms with Crippen LogP contribution in [0.4, 0.5) is 13.2 Å². The van der Waals surface area contributed by atoms with Crippen LogP contribution < -0.4 is 10.1 Å². The Hall–Kier alpha value is -2.65. The lowest BCUT2D eigenvalue weighted by Crippen LogP contribution is -2.45. The lowest BCUT2D eigenvalue weighted by atomic mass is 9.94. The van der Waals surface area contributed by atoms with Crippen molar-refractivity contribution in [2.75, 3.05) is 26.2 Å². The van der Waals surface area contributed by atoms with Crippen LogP contribution in [0.25, 0.3) is 0 Å². The van der Waals surface area contributed by atoms with Crippen molar-refractivity contribution < 1.29 is 33.2 Å². The molecule has 0 spiro atoms. The molecule has 0 amide bonds. The molecule has 9 heteroatoms. The van der Waals surface area contributed by atoms with Crippen LogP contribution in [0.3, 0.4) is 0 Å². The van der Waals surface area contributed by atoms with Crippen molar-refractivity contribution in [2.24, 2.45) is 0 Å². The van der Waals surface area contributed by atoms with Crippen LogP contribution in [-0.2, 0) is 0 Å². The van der Waals surface area contributed by atoms with E-state index in [-0.39, 0.29) is 28.6 Å². The van der Waals surface area contributed by atoms with E-state index < -0.39 is 12.4 Å². The van der Waals surface area contributed by atoms with Crippen molar-refractivity contribution in [2.45, 2.75) is 12.4 Å². The van der Waals surface area contributed by atoms with Gasteiger partial charge in [0.05, 0.1) is 11.6 Å². The van der Waals surface area contributed by atoms with Crippen molar-refractivity contribution >= 4 is 0 Å². The average molecular weight is 384 g/mol. The molecule has 1 heterocycles. The molecule has 2 aromatic carbocycles. The fraction of sp³-hybridized carbons (Fsp3) is 0.333. The number of ether oxygens (including phenoxy) is 1. The summed E-state index contributed by atoms with van der Waals surface area (Å²) in [6.45, 7) is 2.58. The maximum Gasteiger partial charge on any atom is 0.573 e. The van der Waals surface area contributed by atoms with Gasteiger partial charge in [-0.1, -0.05) is 12.1 Å². The van der Waals surface area contributed by atoms with Crippen molar-refractivity contribution in [3.63, 3.8) is 0 Å². The number of aromatic hydroxyl groups is 3. The number of hydrogen-bond acceptors (Lipinski definition) is 6. The summed E-state index contributed by atoms with van der Waals surface area (Å²) in [5.74, 6) is -1.25. The summed E-state index contributed by atoms with van der Waals surface area (Å²) in [4.78, 5) is 1.99. The highest BCUT2D eigenvalue weighted by Gasteiger charge is 2.32. The van der Waals surface area contributed by atoms with Crippen LogP contribution in [0.5, 0.6) is 23.0 Å². The SMILES string of the molecule is Oc1cc(O)c([C@@H](c2ccc(OC(F)(F)F)cc2)N2CCNCC2)c(O)c1. The fourth-order valence-electron chi connectivity index (χ4n) is 3.24. The van der Waals surface area contributed by atoms with Crippen LogP contribution in [0.15, 0.2) is 36.4 Å². The molecular formula is C18H19F3N2O4. The third-order valence-electron chi connectivity index (χ3n) is 4.34. The Balaban J connectivity index is 2.00. The van der Waals surface area contributed by atoms with Gasteiger partial charge in [-0.3, -0.25) is 4.90 Å². The normalized spacial score (nSPS) is 16.9. The first-order valence-electron chi connectivity index (χ1n) is 8.30. The zero-order valence-corrected chi connectivity index (χ0v) is 14.2. The van der Waals surface area contributed by atoms with Crippen LogP contribution >= 0.6 is 0 Å². The van der Waals surface area contributed by atoms with Gasteiger partial charge >= 0.3 is 6.36 Å². The molecule has 1 fully saturated rings. The summed E-state index contributed by atoms with van der Waals surface area (Å²) in [7, 11) is 0. The van der Waals surface area contributed by atoms with Gasteiger partial charge < -0.3 is 25.4 Å². The summed E-state index contributed by atoms with van der Waals surface area (Å²) < 4.78 is 41.0. The lowest BCUT2D eigenvalue weighted by Gasteiger charge is -2.36. The van der Waals surface area contributed by atoms with Gasteiger partial charge in [0.25, 0.3) is 0 Å². The number of hydrogen-bond donors (Lipinski definition) is 4. The third kappa shape index (κ3) is 4.55. The standard InChI is InChI=1S/C18H19F3N2O4/c19-18(20,21)27-13-3-1-11(2-4-13)17(23-7-5-22-6-8-23)16-14(25)9-12(24)10-15(16)26/h1-4,9-10,17,22,24-26H,5-8H2/t17-/m1/s1. The minimum atomic E-state index is -4.78. The number of benzene rings is 2. The topological polar surface area (TPSA) is 85.2 Å². The predicted octanol–water partition coefficient (Wildman–Crippen LogP) is 2.70. The van der Waals surface area contributed by atoms with Gasteiger partial charge in [0, 0.05) is 38.3 Å². The second-order valence-corrected chi connectivity index (χ2v) is 6.20. The Morgan fingerprint density at radius 1 is 0.963 bits per heavy atom. The molecule has 1 aliphatic heterocycles. The van der Waals surface area contributed by atoms with Gasteiger partial charge in [0.1, 0.15) is 23.0 Å². The second-order valence-electron chi connectivity index (χ2n) is 6.20. The molecule has 0 aromatic heterocycles. The van der Waals surface area contributed by atoms with E-state index in [0.29, 0.717) is 31.7 Å². The summed E-state index contributed by atoms with van der Waals surface area (Å²) in [6, 6.07) is 6.92. The van der Waals surface area contributed by atoms with E-state index >= 15 is 0 Å². The molecule has 2 aromatic rings. The van der Waals surface area contributed by atoms with Gasteiger partial charge in [-0.25, -0.2) is 0 Å². The number of piperazine rings is 1. The first-order chi connectivity index (χ1) is 12.7. The van der Waals surface area contributed by atoms with E-state index in [1.54, 1.807) is 0 Å². The highest BCUT2D eigenvalue weighted by atomic mass is 19.4.